The smallest absolute Gasteiger partial charge is 0.426 e. The van der Waals surface area contributed by atoms with E-state index in [0.29, 0.717) is 22.4 Å². The highest BCUT2D eigenvalue weighted by molar-refractivity contribution is 5.87. The van der Waals surface area contributed by atoms with E-state index < -0.39 is 66.8 Å². The molecule has 0 amide bonds. The summed E-state index contributed by atoms with van der Waals surface area (Å²) in [4.78, 5) is 25.4. The van der Waals surface area contributed by atoms with Crippen LogP contribution in [-0.2, 0) is 31.3 Å². The van der Waals surface area contributed by atoms with Crippen molar-refractivity contribution in [3.63, 3.8) is 0 Å². The van der Waals surface area contributed by atoms with Crippen LogP contribution in [0.1, 0.15) is 33.7 Å². The van der Waals surface area contributed by atoms with E-state index >= 15 is 0 Å². The lowest BCUT2D eigenvalue weighted by atomic mass is 9.98. The fourth-order valence-corrected chi connectivity index (χ4v) is 5.51. The number of nitrogens with two attached hydrogens (primary N) is 2. The Labute approximate surface area is 363 Å². The molecule has 0 radical (unpaired) electrons. The Morgan fingerprint density at radius 3 is 1.23 bits per heavy atom. The maximum atomic E-state index is 14.8. The molecule has 0 heterocycles. The van der Waals surface area contributed by atoms with E-state index in [-0.39, 0.29) is 41.9 Å². The van der Waals surface area contributed by atoms with E-state index in [1.165, 1.54) is 72.8 Å². The van der Waals surface area contributed by atoms with Gasteiger partial charge in [-0.3, -0.25) is 0 Å². The average molecular weight is 923 g/mol. The van der Waals surface area contributed by atoms with Gasteiger partial charge in [-0.25, -0.2) is 9.59 Å². The lowest BCUT2D eigenvalue weighted by molar-refractivity contribution is -0.186. The molecule has 0 spiro atoms. The monoisotopic (exact) mass is 922 g/mol. The minimum Gasteiger partial charge on any atom is -0.484 e. The molecule has 5 aromatic carbocycles. The number of hydrogen-bond donors (Lipinski definition) is 2. The maximum absolute atomic E-state index is 14.8. The number of halogens is 10. The van der Waals surface area contributed by atoms with Gasteiger partial charge in [0.05, 0.1) is 17.0 Å². The summed E-state index contributed by atoms with van der Waals surface area (Å²) in [7, 11) is 0. The summed E-state index contributed by atoms with van der Waals surface area (Å²) in [5.74, 6) is -3.51. The molecule has 5 rings (SSSR count). The van der Waals surface area contributed by atoms with Crippen molar-refractivity contribution in [2.45, 2.75) is 30.5 Å². The average Bonchev–Trinajstić information content (AvgIpc) is 3.24. The fraction of sp³-hybridized carbons (Fsp3) is 0.200. The van der Waals surface area contributed by atoms with Gasteiger partial charge in [-0.05, 0) is 114 Å². The predicted molar refractivity (Wildman–Crippen MR) is 216 cm³/mol. The molecule has 0 aliphatic rings. The number of rotatable bonds is 19. The van der Waals surface area contributed by atoms with Crippen molar-refractivity contribution >= 4 is 35.5 Å². The second-order valence-electron chi connectivity index (χ2n) is 13.7. The van der Waals surface area contributed by atoms with Crippen molar-refractivity contribution in [2.75, 3.05) is 37.9 Å². The number of hydrogen-bond acceptors (Lipinski definition) is 10. The molecule has 0 atom stereocenters. The van der Waals surface area contributed by atoms with Gasteiger partial charge in [0.2, 0.25) is 0 Å². The third-order valence-corrected chi connectivity index (χ3v) is 8.67. The van der Waals surface area contributed by atoms with Gasteiger partial charge in [-0.1, -0.05) is 30.3 Å². The molecule has 10 nitrogen and oxygen atoms in total. The first kappa shape index (κ1) is 48.6. The van der Waals surface area contributed by atoms with Crippen molar-refractivity contribution in [3.05, 3.63) is 155 Å². The van der Waals surface area contributed by atoms with E-state index in [4.69, 9.17) is 30.4 Å². The van der Waals surface area contributed by atoms with E-state index in [9.17, 15) is 53.5 Å². The van der Waals surface area contributed by atoms with Crippen LogP contribution in [0.5, 0.6) is 23.0 Å². The van der Waals surface area contributed by atoms with Crippen LogP contribution < -0.4 is 30.4 Å². The summed E-state index contributed by atoms with van der Waals surface area (Å²) >= 11 is 0. The Balaban J connectivity index is 1.12. The van der Waals surface area contributed by atoms with E-state index in [1.807, 2.05) is 0 Å². The Hall–Kier alpha value is -7.38. The summed E-state index contributed by atoms with van der Waals surface area (Å²) in [5, 5.41) is 0. The van der Waals surface area contributed by atoms with Crippen molar-refractivity contribution in [2.24, 2.45) is 0 Å². The highest BCUT2D eigenvalue weighted by Gasteiger charge is 2.36. The second kappa shape index (κ2) is 20.9. The number of anilines is 2. The summed E-state index contributed by atoms with van der Waals surface area (Å²) in [6.45, 7) is -3.83. The van der Waals surface area contributed by atoms with Crippen LogP contribution in [0.3, 0.4) is 0 Å². The molecular formula is C45H36F10N2O8. The molecule has 4 N–H and O–H groups in total. The topological polar surface area (TPSA) is 142 Å². The van der Waals surface area contributed by atoms with Crippen LogP contribution in [0, 0.1) is 0 Å². The first-order valence-corrected chi connectivity index (χ1v) is 18.8. The number of ether oxygens (including phenoxy) is 6. The van der Waals surface area contributed by atoms with Gasteiger partial charge in [0.15, 0.2) is 13.2 Å². The standard InChI is InChI=1S/C45H36F10N2O8/c46-42(47,48)26-62-34-16-7-31(8-17-34)44(52,53)64-36-12-1-28(2-13-36)5-21-40(58)60-24-30(38-20-11-33(56)23-39(38)57)25-61-41(59)22-6-29-3-14-37(15-4-29)65-45(54,55)32-9-18-35(19-10-32)63-27-43(49,50)51/h1-23,30H,24-27,56-57H2/b21-5+,22-6+. The molecule has 0 saturated heterocycles. The van der Waals surface area contributed by atoms with Gasteiger partial charge in [0, 0.05) is 23.5 Å². The molecule has 344 valence electrons. The minimum absolute atomic E-state index is 0.216. The van der Waals surface area contributed by atoms with Crippen molar-refractivity contribution in [3.8, 4) is 23.0 Å². The number of benzene rings is 5. The first-order valence-electron chi connectivity index (χ1n) is 18.8. The second-order valence-corrected chi connectivity index (χ2v) is 13.7. The van der Waals surface area contributed by atoms with Gasteiger partial charge in [0.25, 0.3) is 0 Å². The Morgan fingerprint density at radius 2 is 0.877 bits per heavy atom. The van der Waals surface area contributed by atoms with Crippen LogP contribution in [0.15, 0.2) is 127 Å². The Bertz CT molecular complexity index is 2280. The zero-order valence-electron chi connectivity index (χ0n) is 33.4. The molecule has 0 saturated carbocycles. The molecule has 0 aliphatic heterocycles. The van der Waals surface area contributed by atoms with Gasteiger partial charge in [0.1, 0.15) is 36.2 Å². The molecule has 0 aliphatic carbocycles. The minimum atomic E-state index is -4.60. The van der Waals surface area contributed by atoms with Crippen LogP contribution in [-0.4, -0.2) is 50.7 Å². The Morgan fingerprint density at radius 1 is 0.508 bits per heavy atom. The maximum Gasteiger partial charge on any atom is 0.426 e. The van der Waals surface area contributed by atoms with E-state index in [1.54, 1.807) is 6.07 Å². The fourth-order valence-electron chi connectivity index (χ4n) is 5.51. The van der Waals surface area contributed by atoms with Crippen molar-refractivity contribution in [1.82, 2.24) is 0 Å². The van der Waals surface area contributed by atoms with Crippen molar-refractivity contribution in [1.29, 1.82) is 0 Å². The number of carbonyl (C=O) groups excluding carboxylic acids is 2. The molecule has 65 heavy (non-hydrogen) atoms. The molecule has 20 heteroatoms. The molecular weight excluding hydrogens is 886 g/mol. The molecule has 0 bridgehead atoms. The van der Waals surface area contributed by atoms with E-state index in [0.717, 1.165) is 60.7 Å². The third-order valence-electron chi connectivity index (χ3n) is 8.67. The highest BCUT2D eigenvalue weighted by Crippen LogP contribution is 2.35. The quantitative estimate of drug-likeness (QED) is 0.0356. The third kappa shape index (κ3) is 15.7. The molecule has 0 fully saturated rings. The van der Waals surface area contributed by atoms with Gasteiger partial charge in [-0.2, -0.15) is 43.9 Å². The van der Waals surface area contributed by atoms with Crippen LogP contribution in [0.25, 0.3) is 12.2 Å². The van der Waals surface area contributed by atoms with Crippen LogP contribution in [0.2, 0.25) is 0 Å². The van der Waals surface area contributed by atoms with Crippen LogP contribution in [0.4, 0.5) is 55.3 Å². The number of nitrogen functional groups attached to an aromatic ring is 2. The summed E-state index contributed by atoms with van der Waals surface area (Å²) in [5.41, 5.74) is 12.4. The molecule has 5 aromatic rings. The van der Waals surface area contributed by atoms with Gasteiger partial charge < -0.3 is 39.9 Å². The highest BCUT2D eigenvalue weighted by atomic mass is 19.4. The Kier molecular flexibility index (Phi) is 15.6. The van der Waals surface area contributed by atoms with Gasteiger partial charge in [-0.15, -0.1) is 0 Å². The zero-order valence-corrected chi connectivity index (χ0v) is 33.4. The molecule has 0 unspecified atom stereocenters. The number of alkyl halides is 10. The SMILES string of the molecule is Nc1ccc(C(COC(=O)/C=C/c2ccc(OC(F)(F)c3ccc(OCC(F)(F)F)cc3)cc2)COC(=O)/C=C/c2ccc(OC(F)(F)c3ccc(OCC(F)(F)F)cc3)cc2)c(N)c1. The normalized spacial score (nSPS) is 12.4. The van der Waals surface area contributed by atoms with Crippen molar-refractivity contribution < 1.29 is 81.9 Å². The van der Waals surface area contributed by atoms with E-state index in [2.05, 4.69) is 9.47 Å². The predicted octanol–water partition coefficient (Wildman–Crippen LogP) is 10.6. The number of esters is 2. The largest absolute Gasteiger partial charge is 0.484 e. The summed E-state index contributed by atoms with van der Waals surface area (Å²) < 4.78 is 163. The van der Waals surface area contributed by atoms with Gasteiger partial charge >= 0.3 is 36.5 Å². The lowest BCUT2D eigenvalue weighted by Gasteiger charge is -2.19. The summed E-state index contributed by atoms with van der Waals surface area (Å²) in [6.07, 6.45) is -12.2. The van der Waals surface area contributed by atoms with Crippen LogP contribution >= 0.6 is 0 Å². The number of carbonyl (C=O) groups is 2. The molecule has 0 aromatic heterocycles. The summed E-state index contributed by atoms with van der Waals surface area (Å²) in [6, 6.07) is 22.1. The lowest BCUT2D eigenvalue weighted by Crippen LogP contribution is -2.22. The zero-order chi connectivity index (χ0) is 47.4. The first-order chi connectivity index (χ1) is 30.5.